The van der Waals surface area contributed by atoms with Crippen LogP contribution in [0.25, 0.3) is 17.1 Å². The highest BCUT2D eigenvalue weighted by atomic mass is 127. The van der Waals surface area contributed by atoms with Gasteiger partial charge in [-0.15, -0.1) is 15.0 Å². The van der Waals surface area contributed by atoms with Crippen molar-refractivity contribution in [1.82, 2.24) is 64.0 Å². The Morgan fingerprint density at radius 3 is 1.79 bits per heavy atom. The molecule has 14 nitrogen and oxygen atoms in total. The van der Waals surface area contributed by atoms with Crippen LogP contribution in [0.1, 0.15) is 68.3 Å². The van der Waals surface area contributed by atoms with Gasteiger partial charge in [-0.1, -0.05) is 74.1 Å². The zero-order valence-corrected chi connectivity index (χ0v) is 40.9. The second kappa shape index (κ2) is 17.6. The summed E-state index contributed by atoms with van der Waals surface area (Å²) in [7, 11) is 0. The molecule has 7 rings (SSSR count). The summed E-state index contributed by atoms with van der Waals surface area (Å²) >= 11 is 39.8. The van der Waals surface area contributed by atoms with Crippen LogP contribution in [-0.4, -0.2) is 71.3 Å². The number of hydrogen-bond acceptors (Lipinski definition) is 8. The topological polar surface area (TPSA) is 116 Å². The summed E-state index contributed by atoms with van der Waals surface area (Å²) in [6.07, 6.45) is -16.6. The van der Waals surface area contributed by atoms with E-state index in [1.807, 2.05) is 0 Å². The van der Waals surface area contributed by atoms with E-state index in [1.165, 1.54) is 26.8 Å². The van der Waals surface area contributed by atoms with Gasteiger partial charge < -0.3 is 0 Å². The van der Waals surface area contributed by atoms with E-state index in [4.69, 9.17) is 58.0 Å². The highest BCUT2D eigenvalue weighted by Crippen LogP contribution is 2.51. The average Bonchev–Trinajstić information content (AvgIpc) is 4.08. The minimum atomic E-state index is -6.13. The van der Waals surface area contributed by atoms with E-state index in [1.54, 1.807) is 29.5 Å². The number of hydrazine groups is 1. The number of alkyl halides is 12. The third kappa shape index (κ3) is 8.36. The Kier molecular flexibility index (Phi) is 13.4. The molecule has 1 atom stereocenters. The molecule has 0 fully saturated rings. The van der Waals surface area contributed by atoms with Gasteiger partial charge in [0.1, 0.15) is 22.8 Å². The molecule has 357 valence electrons. The van der Waals surface area contributed by atoms with Crippen LogP contribution in [-0.2, 0) is 42.9 Å². The summed E-state index contributed by atoms with van der Waals surface area (Å²) in [4.78, 5) is 1.67. The highest BCUT2D eigenvalue weighted by molar-refractivity contribution is 14.1. The van der Waals surface area contributed by atoms with Gasteiger partial charge in [-0.2, -0.15) is 73.4 Å². The maximum absolute atomic E-state index is 15.2. The first-order valence-electron chi connectivity index (χ1n) is 18.7. The standard InChI is InChI=1S/C34H26BrCl5F11IN14/c1-5-15-9-14(12-30(41,42)43)53-61(15)23-28(39)64(58-29(23)52)66-32(40,59-13-18(36)26(37)57-59)24(62-17(7-3)10-20(54-62)31(44,45)34(49,50)51)19(8-4)65(66)63-27(38)22(25(35)56-63)60-16(6-2)11-21(55-60)33(46,47)48/h9-11,13H,5-8,12H2,1-4H3/q+1. The predicted molar refractivity (Wildman–Crippen MR) is 230 cm³/mol. The van der Waals surface area contributed by atoms with E-state index in [2.05, 4.69) is 46.5 Å². The molecule has 0 amide bonds. The van der Waals surface area contributed by atoms with Crippen LogP contribution >= 0.6 is 96.5 Å². The van der Waals surface area contributed by atoms with Gasteiger partial charge in [0.2, 0.25) is 5.15 Å². The number of allylic oxidation sites excluding steroid dienone is 1. The van der Waals surface area contributed by atoms with Crippen molar-refractivity contribution in [2.75, 3.05) is 5.12 Å². The van der Waals surface area contributed by atoms with Crippen LogP contribution in [0.4, 0.5) is 48.3 Å². The zero-order valence-electron chi connectivity index (χ0n) is 33.4. The van der Waals surface area contributed by atoms with Gasteiger partial charge in [-0.25, -0.2) is 14.0 Å². The number of hydrogen-bond donors (Lipinski definition) is 0. The number of aromatic nitrogens is 12. The van der Waals surface area contributed by atoms with E-state index in [9.17, 15) is 39.5 Å². The fourth-order valence-electron chi connectivity index (χ4n) is 6.95. The fourth-order valence-corrected chi connectivity index (χ4v) is 9.66. The van der Waals surface area contributed by atoms with E-state index >= 15 is 8.78 Å². The minimum Gasteiger partial charge on any atom is -0.231 e. The fraction of sp³-hybridized carbons (Fsp3) is 0.412. The second-order valence-corrected chi connectivity index (χ2v) is 17.8. The van der Waals surface area contributed by atoms with Gasteiger partial charge in [0, 0.05) is 17.1 Å². The first-order chi connectivity index (χ1) is 30.5. The zero-order chi connectivity index (χ0) is 49.0. The monoisotopic (exact) mass is 1220 g/mol. The van der Waals surface area contributed by atoms with Crippen molar-refractivity contribution in [3.63, 3.8) is 0 Å². The molecular weight excluding hydrogens is 1200 g/mol. The molecule has 7 heterocycles. The maximum Gasteiger partial charge on any atom is 0.459 e. The molecule has 1 radical (unpaired) electrons. The molecule has 0 aliphatic carbocycles. The van der Waals surface area contributed by atoms with Gasteiger partial charge in [0.25, 0.3) is 0 Å². The van der Waals surface area contributed by atoms with Crippen molar-refractivity contribution in [3.05, 3.63) is 93.0 Å². The van der Waals surface area contributed by atoms with Crippen molar-refractivity contribution in [2.24, 2.45) is 0 Å². The van der Waals surface area contributed by atoms with Gasteiger partial charge in [0.05, 0.1) is 23.3 Å². The molecular formula is C34H26BrCl5F11IN14+. The highest BCUT2D eigenvalue weighted by Gasteiger charge is 2.70. The van der Waals surface area contributed by atoms with Crippen LogP contribution in [0.2, 0.25) is 20.5 Å². The summed E-state index contributed by atoms with van der Waals surface area (Å²) in [6, 6.07) is 2.47. The summed E-state index contributed by atoms with van der Waals surface area (Å²) < 4.78 is 158. The van der Waals surface area contributed by atoms with Crippen LogP contribution in [0.3, 0.4) is 0 Å². The third-order valence-electron chi connectivity index (χ3n) is 9.86. The first-order valence-corrected chi connectivity index (χ1v) is 22.5. The first kappa shape index (κ1) is 50.5. The van der Waals surface area contributed by atoms with E-state index < -0.39 is 74.2 Å². The van der Waals surface area contributed by atoms with Crippen molar-refractivity contribution in [2.45, 2.75) is 89.4 Å². The van der Waals surface area contributed by atoms with E-state index in [0.29, 0.717) is 10.7 Å². The SMILES string of the molecule is CCC1=C(n2nc(C(F)(F)C(F)(F)F)cc2CC)C(Cl)(n2cc(Cl)c(Cl)n2)[N+](n2nc(I)c(-n3nc(CC(F)(F)F)cc3CC)c2Cl)N1n1nc(Br)c(-n2nc(C(F)(F)F)cc2CC)c1Cl. The van der Waals surface area contributed by atoms with E-state index in [0.717, 1.165) is 46.1 Å². The summed E-state index contributed by atoms with van der Waals surface area (Å²) in [5, 5.41) is 22.4. The quantitative estimate of drug-likeness (QED) is 0.0394. The number of halogens is 18. The summed E-state index contributed by atoms with van der Waals surface area (Å²) in [6.45, 7) is 6.06. The molecule has 6 aromatic rings. The molecule has 1 aliphatic heterocycles. The van der Waals surface area contributed by atoms with Crippen molar-refractivity contribution in [3.8, 4) is 11.4 Å². The molecule has 0 saturated heterocycles. The Bertz CT molecular complexity index is 2850. The van der Waals surface area contributed by atoms with Crippen LogP contribution in [0.15, 0.2) is 34.7 Å². The number of aryl methyl sites for hydroxylation is 3. The Labute approximate surface area is 410 Å². The van der Waals surface area contributed by atoms with Crippen molar-refractivity contribution >= 4 is 102 Å². The number of rotatable bonds is 12. The molecule has 32 heteroatoms. The number of nitrogens with zero attached hydrogens (tertiary/aromatic N) is 14. The summed E-state index contributed by atoms with van der Waals surface area (Å²) in [5.74, 6) is -5.52. The minimum absolute atomic E-state index is 0.00498. The van der Waals surface area contributed by atoms with E-state index in [-0.39, 0.29) is 73.2 Å². The van der Waals surface area contributed by atoms with Crippen LogP contribution in [0.5, 0.6) is 0 Å². The molecule has 1 aliphatic rings. The van der Waals surface area contributed by atoms with Crippen LogP contribution < -0.4 is 10.2 Å². The normalized spacial score (nSPS) is 16.8. The smallest absolute Gasteiger partial charge is 0.231 e. The lowest BCUT2D eigenvalue weighted by atomic mass is 10.2. The molecule has 0 saturated carbocycles. The largest absolute Gasteiger partial charge is 0.459 e. The lowest BCUT2D eigenvalue weighted by Gasteiger charge is -2.27. The molecule has 1 unspecified atom stereocenters. The molecule has 0 aromatic carbocycles. The Morgan fingerprint density at radius 1 is 0.697 bits per heavy atom. The molecule has 0 spiro atoms. The van der Waals surface area contributed by atoms with Crippen molar-refractivity contribution < 1.29 is 48.3 Å². The van der Waals surface area contributed by atoms with Gasteiger partial charge in [0.15, 0.2) is 35.1 Å². The second-order valence-electron chi connectivity index (χ2n) is 14.0. The molecule has 6 aromatic heterocycles. The van der Waals surface area contributed by atoms with Gasteiger partial charge >= 0.3 is 29.6 Å². The Morgan fingerprint density at radius 2 is 1.26 bits per heavy atom. The lowest BCUT2D eigenvalue weighted by molar-refractivity contribution is -0.291. The average molecular weight is 1220 g/mol. The summed E-state index contributed by atoms with van der Waals surface area (Å²) in [5.41, 5.74) is -4.63. The molecule has 0 bridgehead atoms. The predicted octanol–water partition coefficient (Wildman–Crippen LogP) is 11.6. The van der Waals surface area contributed by atoms with Crippen molar-refractivity contribution in [1.29, 1.82) is 0 Å². The van der Waals surface area contributed by atoms with Gasteiger partial charge in [-0.05, 0) is 104 Å². The van der Waals surface area contributed by atoms with Crippen LogP contribution in [0, 0.1) is 3.70 Å². The molecule has 0 N–H and O–H groups in total. The maximum atomic E-state index is 15.2. The lowest BCUT2D eigenvalue weighted by Crippen LogP contribution is -2.62. The van der Waals surface area contributed by atoms with Gasteiger partial charge in [-0.3, -0.25) is 0 Å². The third-order valence-corrected chi connectivity index (χ3v) is 12.9. The Balaban J connectivity index is 1.61. The Hall–Kier alpha value is -3.35. The molecule has 66 heavy (non-hydrogen) atoms.